The minimum atomic E-state index is 0.674. The number of rotatable bonds is 3. The minimum absolute atomic E-state index is 0.674. The number of ether oxygens (including phenoxy) is 1. The summed E-state index contributed by atoms with van der Waals surface area (Å²) < 4.78 is 5.44. The second-order valence-electron chi connectivity index (χ2n) is 4.24. The molecule has 0 amide bonds. The lowest BCUT2D eigenvalue weighted by molar-refractivity contribution is 0.340. The van der Waals surface area contributed by atoms with E-state index in [-0.39, 0.29) is 0 Å². The highest BCUT2D eigenvalue weighted by atomic mass is 16.5. The molecule has 1 aliphatic rings. The van der Waals surface area contributed by atoms with E-state index < -0.39 is 0 Å². The Labute approximate surface area is 114 Å². The summed E-state index contributed by atoms with van der Waals surface area (Å²) in [5.74, 6) is 3.52. The molecule has 0 unspecified atom stereocenters. The van der Waals surface area contributed by atoms with Crippen molar-refractivity contribution in [2.45, 2.75) is 6.92 Å². The highest BCUT2D eigenvalue weighted by Crippen LogP contribution is 2.29. The van der Waals surface area contributed by atoms with E-state index >= 15 is 0 Å². The molecule has 0 fully saturated rings. The first-order chi connectivity index (χ1) is 9.17. The maximum atomic E-state index is 5.44. The summed E-state index contributed by atoms with van der Waals surface area (Å²) in [6.07, 6.45) is 9.38. The van der Waals surface area contributed by atoms with Gasteiger partial charge in [0.25, 0.3) is 0 Å². The average molecular weight is 251 g/mol. The number of benzene rings is 1. The van der Waals surface area contributed by atoms with Crippen LogP contribution in [0.4, 0.5) is 0 Å². The Hall–Kier alpha value is -2.40. The van der Waals surface area contributed by atoms with Crippen molar-refractivity contribution in [1.82, 2.24) is 4.90 Å². The summed E-state index contributed by atoms with van der Waals surface area (Å²) in [5.41, 5.74) is 3.84. The molecular formula is C17H17NO. The first-order valence-electron chi connectivity index (χ1n) is 6.22. The molecule has 0 spiro atoms. The van der Waals surface area contributed by atoms with Crippen molar-refractivity contribution in [1.29, 1.82) is 0 Å². The summed E-state index contributed by atoms with van der Waals surface area (Å²) >= 11 is 0. The van der Waals surface area contributed by atoms with Crippen LogP contribution in [0, 0.1) is 12.3 Å². The van der Waals surface area contributed by atoms with Crippen LogP contribution in [-0.2, 0) is 0 Å². The molecule has 1 aromatic carbocycles. The third-order valence-electron chi connectivity index (χ3n) is 3.10. The molecule has 19 heavy (non-hydrogen) atoms. The SMILES string of the molecule is C#CC1=CC=C(c2ccc(OCC)cc2)N(C)C1=C. The molecule has 0 aromatic heterocycles. The predicted molar refractivity (Wildman–Crippen MR) is 79.4 cm³/mol. The quantitative estimate of drug-likeness (QED) is 0.763. The first-order valence-corrected chi connectivity index (χ1v) is 6.22. The molecule has 1 aliphatic heterocycles. The van der Waals surface area contributed by atoms with Gasteiger partial charge < -0.3 is 9.64 Å². The van der Waals surface area contributed by atoms with E-state index in [1.54, 1.807) is 0 Å². The van der Waals surface area contributed by atoms with Gasteiger partial charge in [-0.3, -0.25) is 0 Å². The van der Waals surface area contributed by atoms with Crippen molar-refractivity contribution in [3.8, 4) is 18.1 Å². The number of hydrogen-bond donors (Lipinski definition) is 0. The van der Waals surface area contributed by atoms with E-state index in [9.17, 15) is 0 Å². The predicted octanol–water partition coefficient (Wildman–Crippen LogP) is 3.44. The summed E-state index contributed by atoms with van der Waals surface area (Å²) in [4.78, 5) is 2.00. The molecule has 2 nitrogen and oxygen atoms in total. The lowest BCUT2D eigenvalue weighted by Crippen LogP contribution is -2.19. The molecule has 0 saturated carbocycles. The molecule has 1 aromatic rings. The molecule has 0 bridgehead atoms. The summed E-state index contributed by atoms with van der Waals surface area (Å²) in [7, 11) is 1.97. The van der Waals surface area contributed by atoms with E-state index in [1.807, 2.05) is 55.3 Å². The van der Waals surface area contributed by atoms with Crippen LogP contribution in [0.25, 0.3) is 5.70 Å². The van der Waals surface area contributed by atoms with Gasteiger partial charge in [0.15, 0.2) is 0 Å². The van der Waals surface area contributed by atoms with Gasteiger partial charge in [-0.2, -0.15) is 0 Å². The lowest BCUT2D eigenvalue weighted by atomic mass is 10.0. The zero-order valence-electron chi connectivity index (χ0n) is 11.3. The van der Waals surface area contributed by atoms with Crippen molar-refractivity contribution in [3.05, 3.63) is 59.8 Å². The minimum Gasteiger partial charge on any atom is -0.494 e. The van der Waals surface area contributed by atoms with Gasteiger partial charge in [-0.05, 0) is 48.9 Å². The molecule has 2 heteroatoms. The standard InChI is InChI=1S/C17H17NO/c1-5-14-9-12-17(18(4)13(14)3)15-7-10-16(11-8-15)19-6-2/h1,7-12H,3,6H2,2,4H3. The molecule has 0 radical (unpaired) electrons. The zero-order valence-corrected chi connectivity index (χ0v) is 11.3. The lowest BCUT2D eigenvalue weighted by Gasteiger charge is -2.28. The van der Waals surface area contributed by atoms with Gasteiger partial charge in [-0.1, -0.05) is 12.5 Å². The monoisotopic (exact) mass is 251 g/mol. The molecular weight excluding hydrogens is 234 g/mol. The van der Waals surface area contributed by atoms with Crippen molar-refractivity contribution in [2.75, 3.05) is 13.7 Å². The van der Waals surface area contributed by atoms with Gasteiger partial charge in [0.1, 0.15) is 5.75 Å². The molecule has 96 valence electrons. The van der Waals surface area contributed by atoms with Gasteiger partial charge in [0, 0.05) is 24.0 Å². The first kappa shape index (κ1) is 13.0. The van der Waals surface area contributed by atoms with Gasteiger partial charge >= 0.3 is 0 Å². The van der Waals surface area contributed by atoms with E-state index in [0.717, 1.165) is 28.3 Å². The fraction of sp³-hybridized carbons (Fsp3) is 0.176. The summed E-state index contributed by atoms with van der Waals surface area (Å²) in [5, 5.41) is 0. The highest BCUT2D eigenvalue weighted by Gasteiger charge is 2.16. The van der Waals surface area contributed by atoms with Crippen LogP contribution in [0.3, 0.4) is 0 Å². The molecule has 0 N–H and O–H groups in total. The maximum absolute atomic E-state index is 5.44. The molecule has 1 heterocycles. The Balaban J connectivity index is 2.32. The van der Waals surface area contributed by atoms with Crippen LogP contribution in [0.2, 0.25) is 0 Å². The summed E-state index contributed by atoms with van der Waals surface area (Å²) in [6.45, 7) is 6.67. The summed E-state index contributed by atoms with van der Waals surface area (Å²) in [6, 6.07) is 8.01. The van der Waals surface area contributed by atoms with Crippen molar-refractivity contribution < 1.29 is 4.74 Å². The Bertz CT molecular complexity index is 585. The molecule has 0 saturated heterocycles. The van der Waals surface area contributed by atoms with Crippen LogP contribution in [-0.4, -0.2) is 18.6 Å². The van der Waals surface area contributed by atoms with Crippen LogP contribution in [0.5, 0.6) is 5.75 Å². The van der Waals surface area contributed by atoms with E-state index in [4.69, 9.17) is 11.2 Å². The van der Waals surface area contributed by atoms with Crippen LogP contribution in [0.15, 0.2) is 54.3 Å². The fourth-order valence-corrected chi connectivity index (χ4v) is 2.01. The number of terminal acetylenes is 1. The van der Waals surface area contributed by atoms with Crippen molar-refractivity contribution >= 4 is 5.70 Å². The molecule has 0 atom stereocenters. The van der Waals surface area contributed by atoms with Crippen LogP contribution >= 0.6 is 0 Å². The van der Waals surface area contributed by atoms with E-state index in [0.29, 0.717) is 6.61 Å². The largest absolute Gasteiger partial charge is 0.494 e. The van der Waals surface area contributed by atoms with Crippen molar-refractivity contribution in [3.63, 3.8) is 0 Å². The van der Waals surface area contributed by atoms with Crippen LogP contribution in [0.1, 0.15) is 12.5 Å². The highest BCUT2D eigenvalue weighted by molar-refractivity contribution is 5.72. The van der Waals surface area contributed by atoms with Gasteiger partial charge in [0.05, 0.1) is 6.61 Å². The number of nitrogens with zero attached hydrogens (tertiary/aromatic N) is 1. The average Bonchev–Trinajstić information content (AvgIpc) is 2.43. The second-order valence-corrected chi connectivity index (χ2v) is 4.24. The zero-order chi connectivity index (χ0) is 13.8. The smallest absolute Gasteiger partial charge is 0.119 e. The Kier molecular flexibility index (Phi) is 3.77. The third-order valence-corrected chi connectivity index (χ3v) is 3.10. The Morgan fingerprint density at radius 3 is 2.53 bits per heavy atom. The number of likely N-dealkylation sites (N-methyl/N-ethyl adjacent to an activating group) is 1. The normalized spacial score (nSPS) is 14.6. The fourth-order valence-electron chi connectivity index (χ4n) is 2.01. The van der Waals surface area contributed by atoms with Gasteiger partial charge in [-0.25, -0.2) is 0 Å². The van der Waals surface area contributed by atoms with E-state index in [1.165, 1.54) is 0 Å². The van der Waals surface area contributed by atoms with Gasteiger partial charge in [-0.15, -0.1) is 6.42 Å². The Morgan fingerprint density at radius 1 is 1.26 bits per heavy atom. The topological polar surface area (TPSA) is 12.5 Å². The van der Waals surface area contributed by atoms with Crippen molar-refractivity contribution in [2.24, 2.45) is 0 Å². The molecule has 0 aliphatic carbocycles. The number of allylic oxidation sites excluding steroid dienone is 3. The third kappa shape index (κ3) is 2.56. The molecule has 2 rings (SSSR count). The van der Waals surface area contributed by atoms with Gasteiger partial charge in [0.2, 0.25) is 0 Å². The van der Waals surface area contributed by atoms with Crippen LogP contribution < -0.4 is 4.74 Å². The maximum Gasteiger partial charge on any atom is 0.119 e. The van der Waals surface area contributed by atoms with E-state index in [2.05, 4.69) is 12.5 Å². The Morgan fingerprint density at radius 2 is 1.95 bits per heavy atom. The number of hydrogen-bond acceptors (Lipinski definition) is 2. The second kappa shape index (κ2) is 5.49.